The number of nitrogens with zero attached hydrogens (tertiary/aromatic N) is 2. The average molecular weight is 208 g/mol. The van der Waals surface area contributed by atoms with Gasteiger partial charge in [0, 0.05) is 18.7 Å². The first-order chi connectivity index (χ1) is 7.25. The Morgan fingerprint density at radius 3 is 3.07 bits per heavy atom. The van der Waals surface area contributed by atoms with Crippen LogP contribution in [0.25, 0.3) is 0 Å². The van der Waals surface area contributed by atoms with E-state index in [9.17, 15) is 5.11 Å². The summed E-state index contributed by atoms with van der Waals surface area (Å²) >= 11 is 0. The zero-order valence-electron chi connectivity index (χ0n) is 8.56. The van der Waals surface area contributed by atoms with Crippen LogP contribution in [-0.2, 0) is 0 Å². The van der Waals surface area contributed by atoms with Crippen molar-refractivity contribution in [3.8, 4) is 0 Å². The standard InChI is InChI=1S/C10H16N4O/c11-10-12-5-4-9(14-10)13-6-7-2-1-3-8(7)15/h4-5,7-8,15H,1-3,6H2,(H3,11,12,13,14). The van der Waals surface area contributed by atoms with Crippen LogP contribution in [0.4, 0.5) is 11.8 Å². The lowest BCUT2D eigenvalue weighted by molar-refractivity contribution is 0.138. The molecule has 15 heavy (non-hydrogen) atoms. The molecule has 2 rings (SSSR count). The van der Waals surface area contributed by atoms with Gasteiger partial charge in [0.25, 0.3) is 0 Å². The summed E-state index contributed by atoms with van der Waals surface area (Å²) in [5.74, 6) is 1.33. The molecule has 5 heteroatoms. The summed E-state index contributed by atoms with van der Waals surface area (Å²) in [4.78, 5) is 7.84. The number of hydrogen-bond donors (Lipinski definition) is 3. The third-order valence-corrected chi connectivity index (χ3v) is 2.84. The zero-order chi connectivity index (χ0) is 10.7. The molecule has 2 unspecified atom stereocenters. The SMILES string of the molecule is Nc1nccc(NCC2CCCC2O)n1. The number of aromatic nitrogens is 2. The quantitative estimate of drug-likeness (QED) is 0.678. The van der Waals surface area contributed by atoms with E-state index in [2.05, 4.69) is 15.3 Å². The normalized spacial score (nSPS) is 25.4. The van der Waals surface area contributed by atoms with Gasteiger partial charge in [0.15, 0.2) is 0 Å². The maximum absolute atomic E-state index is 9.62. The van der Waals surface area contributed by atoms with Crippen LogP contribution < -0.4 is 11.1 Å². The van der Waals surface area contributed by atoms with Crippen molar-refractivity contribution in [3.63, 3.8) is 0 Å². The summed E-state index contributed by atoms with van der Waals surface area (Å²) in [6.07, 6.45) is 4.55. The van der Waals surface area contributed by atoms with Gasteiger partial charge in [-0.05, 0) is 18.9 Å². The molecule has 0 bridgehead atoms. The second-order valence-electron chi connectivity index (χ2n) is 3.94. The summed E-state index contributed by atoms with van der Waals surface area (Å²) in [7, 11) is 0. The van der Waals surface area contributed by atoms with Gasteiger partial charge in [-0.2, -0.15) is 4.98 Å². The predicted molar refractivity (Wildman–Crippen MR) is 58.3 cm³/mol. The van der Waals surface area contributed by atoms with E-state index in [0.29, 0.717) is 5.92 Å². The Hall–Kier alpha value is -1.36. The van der Waals surface area contributed by atoms with Gasteiger partial charge in [-0.15, -0.1) is 0 Å². The fraction of sp³-hybridized carbons (Fsp3) is 0.600. The highest BCUT2D eigenvalue weighted by Gasteiger charge is 2.24. The third kappa shape index (κ3) is 2.56. The molecule has 0 spiro atoms. The molecule has 4 N–H and O–H groups in total. The van der Waals surface area contributed by atoms with Crippen molar-refractivity contribution in [2.45, 2.75) is 25.4 Å². The van der Waals surface area contributed by atoms with E-state index in [1.54, 1.807) is 12.3 Å². The predicted octanol–water partition coefficient (Wildman–Crippen LogP) is 0.632. The van der Waals surface area contributed by atoms with Crippen LogP contribution in [0.3, 0.4) is 0 Å². The minimum atomic E-state index is -0.170. The van der Waals surface area contributed by atoms with Crippen molar-refractivity contribution in [1.29, 1.82) is 0 Å². The molecule has 1 heterocycles. The first-order valence-electron chi connectivity index (χ1n) is 5.26. The molecule has 1 aliphatic rings. The van der Waals surface area contributed by atoms with E-state index in [0.717, 1.165) is 31.6 Å². The molecule has 1 aromatic heterocycles. The lowest BCUT2D eigenvalue weighted by atomic mass is 10.1. The van der Waals surface area contributed by atoms with Crippen LogP contribution in [0.2, 0.25) is 0 Å². The number of anilines is 2. The highest BCUT2D eigenvalue weighted by Crippen LogP contribution is 2.25. The number of rotatable bonds is 3. The highest BCUT2D eigenvalue weighted by molar-refractivity contribution is 5.37. The molecule has 1 aliphatic carbocycles. The largest absolute Gasteiger partial charge is 0.393 e. The van der Waals surface area contributed by atoms with Gasteiger partial charge in [0.2, 0.25) is 5.95 Å². The van der Waals surface area contributed by atoms with Crippen molar-refractivity contribution in [2.75, 3.05) is 17.6 Å². The Labute approximate surface area is 88.7 Å². The van der Waals surface area contributed by atoms with Gasteiger partial charge in [-0.1, -0.05) is 6.42 Å². The van der Waals surface area contributed by atoms with Crippen LogP contribution >= 0.6 is 0 Å². The smallest absolute Gasteiger partial charge is 0.221 e. The molecule has 1 fully saturated rings. The van der Waals surface area contributed by atoms with E-state index >= 15 is 0 Å². The van der Waals surface area contributed by atoms with Gasteiger partial charge in [-0.3, -0.25) is 0 Å². The Morgan fingerprint density at radius 2 is 2.40 bits per heavy atom. The van der Waals surface area contributed by atoms with Crippen LogP contribution in [0.15, 0.2) is 12.3 Å². The van der Waals surface area contributed by atoms with E-state index < -0.39 is 0 Å². The summed E-state index contributed by atoms with van der Waals surface area (Å²) in [5.41, 5.74) is 5.46. The van der Waals surface area contributed by atoms with Crippen LogP contribution in [0.5, 0.6) is 0 Å². The number of nitrogens with one attached hydrogen (secondary N) is 1. The van der Waals surface area contributed by atoms with E-state index in [1.165, 1.54) is 0 Å². The lowest BCUT2D eigenvalue weighted by Crippen LogP contribution is -2.22. The second-order valence-corrected chi connectivity index (χ2v) is 3.94. The van der Waals surface area contributed by atoms with Gasteiger partial charge >= 0.3 is 0 Å². The number of nitrogen functional groups attached to an aromatic ring is 1. The van der Waals surface area contributed by atoms with Crippen molar-refractivity contribution < 1.29 is 5.11 Å². The number of nitrogens with two attached hydrogens (primary N) is 1. The van der Waals surface area contributed by atoms with Gasteiger partial charge in [0.1, 0.15) is 5.82 Å². The molecular formula is C10H16N4O. The average Bonchev–Trinajstić information content (AvgIpc) is 2.61. The van der Waals surface area contributed by atoms with Crippen molar-refractivity contribution in [3.05, 3.63) is 12.3 Å². The monoisotopic (exact) mass is 208 g/mol. The topological polar surface area (TPSA) is 84.1 Å². The van der Waals surface area contributed by atoms with Gasteiger partial charge in [0.05, 0.1) is 6.10 Å². The number of aliphatic hydroxyl groups is 1. The molecule has 0 aromatic carbocycles. The van der Waals surface area contributed by atoms with Crippen LogP contribution in [0, 0.1) is 5.92 Å². The van der Waals surface area contributed by atoms with Crippen molar-refractivity contribution >= 4 is 11.8 Å². The molecule has 82 valence electrons. The van der Waals surface area contributed by atoms with Crippen LogP contribution in [0.1, 0.15) is 19.3 Å². The van der Waals surface area contributed by atoms with Gasteiger partial charge < -0.3 is 16.2 Å². The van der Waals surface area contributed by atoms with Crippen molar-refractivity contribution in [2.24, 2.45) is 5.92 Å². The molecule has 0 amide bonds. The maximum atomic E-state index is 9.62. The zero-order valence-corrected chi connectivity index (χ0v) is 8.56. The highest BCUT2D eigenvalue weighted by atomic mass is 16.3. The number of hydrogen-bond acceptors (Lipinski definition) is 5. The molecule has 5 nitrogen and oxygen atoms in total. The molecule has 0 radical (unpaired) electrons. The molecule has 1 aromatic rings. The minimum absolute atomic E-state index is 0.170. The molecule has 2 atom stereocenters. The fourth-order valence-corrected chi connectivity index (χ4v) is 1.96. The second kappa shape index (κ2) is 4.44. The third-order valence-electron chi connectivity index (χ3n) is 2.84. The Morgan fingerprint density at radius 1 is 1.53 bits per heavy atom. The first kappa shape index (κ1) is 10.2. The fourth-order valence-electron chi connectivity index (χ4n) is 1.96. The Balaban J connectivity index is 1.87. The Bertz CT molecular complexity index is 331. The first-order valence-corrected chi connectivity index (χ1v) is 5.26. The van der Waals surface area contributed by atoms with E-state index in [-0.39, 0.29) is 12.1 Å². The lowest BCUT2D eigenvalue weighted by Gasteiger charge is -2.15. The summed E-state index contributed by atoms with van der Waals surface area (Å²) in [6.45, 7) is 0.748. The summed E-state index contributed by atoms with van der Waals surface area (Å²) < 4.78 is 0. The molecule has 0 saturated heterocycles. The Kier molecular flexibility index (Phi) is 3.01. The summed E-state index contributed by atoms with van der Waals surface area (Å²) in [5, 5.41) is 12.8. The molecular weight excluding hydrogens is 192 g/mol. The molecule has 1 saturated carbocycles. The summed E-state index contributed by atoms with van der Waals surface area (Å²) in [6, 6.07) is 1.78. The number of aliphatic hydroxyl groups excluding tert-OH is 1. The maximum Gasteiger partial charge on any atom is 0.221 e. The van der Waals surface area contributed by atoms with Crippen molar-refractivity contribution in [1.82, 2.24) is 9.97 Å². The van der Waals surface area contributed by atoms with E-state index in [4.69, 9.17) is 5.73 Å². The van der Waals surface area contributed by atoms with E-state index in [1.807, 2.05) is 0 Å². The van der Waals surface area contributed by atoms with Crippen LogP contribution in [-0.4, -0.2) is 27.7 Å². The minimum Gasteiger partial charge on any atom is -0.393 e. The molecule has 0 aliphatic heterocycles. The van der Waals surface area contributed by atoms with Gasteiger partial charge in [-0.25, -0.2) is 4.98 Å².